The Kier molecular flexibility index (Phi) is 7.59. The van der Waals surface area contributed by atoms with Crippen LogP contribution in [0.1, 0.15) is 12.8 Å². The van der Waals surface area contributed by atoms with Crippen molar-refractivity contribution in [1.29, 1.82) is 0 Å². The average Bonchev–Trinajstić information content (AvgIpc) is 2.50. The zero-order valence-corrected chi connectivity index (χ0v) is 12.0. The first kappa shape index (κ1) is 19.2. The summed E-state index contributed by atoms with van der Waals surface area (Å²) < 4.78 is 10.6. The molecule has 1 heterocycles. The SMILES string of the molecule is NCC(CCC(N)C(=O)O)OC1O[C@H](CO)[C@H](O)[C@H](O)[C@H]1O. The zero-order chi connectivity index (χ0) is 16.9. The van der Waals surface area contributed by atoms with Gasteiger partial charge in [-0.1, -0.05) is 0 Å². The molecule has 0 spiro atoms. The molecule has 22 heavy (non-hydrogen) atoms. The van der Waals surface area contributed by atoms with Gasteiger partial charge in [-0.2, -0.15) is 0 Å². The summed E-state index contributed by atoms with van der Waals surface area (Å²) in [6.07, 6.45) is -7.28. The summed E-state index contributed by atoms with van der Waals surface area (Å²) in [5.74, 6) is -1.15. The number of carboxylic acid groups (broad SMARTS) is 1. The van der Waals surface area contributed by atoms with E-state index in [1.165, 1.54) is 0 Å². The summed E-state index contributed by atoms with van der Waals surface area (Å²) in [5.41, 5.74) is 10.9. The van der Waals surface area contributed by atoms with Crippen molar-refractivity contribution in [3.63, 3.8) is 0 Å². The van der Waals surface area contributed by atoms with E-state index >= 15 is 0 Å². The molecule has 1 aliphatic heterocycles. The lowest BCUT2D eigenvalue weighted by atomic mass is 9.99. The highest BCUT2D eigenvalue weighted by atomic mass is 16.7. The predicted octanol–water partition coefficient (Wildman–Crippen LogP) is -3.68. The van der Waals surface area contributed by atoms with Crippen molar-refractivity contribution in [2.24, 2.45) is 11.5 Å². The number of rotatable bonds is 8. The topological polar surface area (TPSA) is 189 Å². The molecule has 10 nitrogen and oxygen atoms in total. The zero-order valence-electron chi connectivity index (χ0n) is 12.0. The van der Waals surface area contributed by atoms with E-state index in [4.69, 9.17) is 31.2 Å². The van der Waals surface area contributed by atoms with E-state index in [2.05, 4.69) is 0 Å². The standard InChI is InChI=1S/C12H24N2O8/c13-3-5(1-2-6(14)11(19)20)21-12-10(18)9(17)8(16)7(4-15)22-12/h5-10,12,15-18H,1-4,13-14H2,(H,19,20)/t5?,6?,7-,8+,9+,10-,12?/m1/s1. The lowest BCUT2D eigenvalue weighted by molar-refractivity contribution is -0.310. The molecule has 9 N–H and O–H groups in total. The molecule has 10 heteroatoms. The monoisotopic (exact) mass is 324 g/mol. The second-order valence-electron chi connectivity index (χ2n) is 5.21. The Labute approximate surface area is 127 Å². The van der Waals surface area contributed by atoms with Crippen LogP contribution in [0.3, 0.4) is 0 Å². The van der Waals surface area contributed by atoms with Gasteiger partial charge in [-0.05, 0) is 12.8 Å². The summed E-state index contributed by atoms with van der Waals surface area (Å²) in [6.45, 7) is -0.552. The van der Waals surface area contributed by atoms with E-state index < -0.39 is 55.4 Å². The fraction of sp³-hybridized carbons (Fsp3) is 0.917. The lowest BCUT2D eigenvalue weighted by Gasteiger charge is -2.40. The molecule has 0 bridgehead atoms. The second kappa shape index (κ2) is 8.70. The molecule has 130 valence electrons. The molecule has 0 saturated carbocycles. The number of carboxylic acids is 1. The number of hydrogen-bond donors (Lipinski definition) is 7. The molecule has 0 radical (unpaired) electrons. The first-order valence-electron chi connectivity index (χ1n) is 6.96. The van der Waals surface area contributed by atoms with Crippen LogP contribution in [0.2, 0.25) is 0 Å². The van der Waals surface area contributed by atoms with Gasteiger partial charge in [0.15, 0.2) is 6.29 Å². The van der Waals surface area contributed by atoms with E-state index in [0.717, 1.165) is 0 Å². The van der Waals surface area contributed by atoms with Crippen molar-refractivity contribution in [2.75, 3.05) is 13.2 Å². The summed E-state index contributed by atoms with van der Waals surface area (Å²) in [5, 5.41) is 46.9. The van der Waals surface area contributed by atoms with Gasteiger partial charge < -0.3 is 46.5 Å². The largest absolute Gasteiger partial charge is 0.480 e. The van der Waals surface area contributed by atoms with E-state index in [0.29, 0.717) is 0 Å². The molecule has 1 fully saturated rings. The highest BCUT2D eigenvalue weighted by Crippen LogP contribution is 2.23. The Morgan fingerprint density at radius 3 is 2.32 bits per heavy atom. The van der Waals surface area contributed by atoms with Crippen molar-refractivity contribution < 1.29 is 39.8 Å². The third kappa shape index (κ3) is 4.83. The minimum absolute atomic E-state index is 0.0152. The fourth-order valence-corrected chi connectivity index (χ4v) is 2.10. The Hall–Kier alpha value is -0.850. The first-order chi connectivity index (χ1) is 10.3. The molecule has 0 aromatic rings. The van der Waals surface area contributed by atoms with E-state index in [1.54, 1.807) is 0 Å². The third-order valence-corrected chi connectivity index (χ3v) is 3.55. The summed E-state index contributed by atoms with van der Waals surface area (Å²) in [4.78, 5) is 10.7. The highest BCUT2D eigenvalue weighted by Gasteiger charge is 2.44. The minimum atomic E-state index is -1.55. The average molecular weight is 324 g/mol. The van der Waals surface area contributed by atoms with Crippen LogP contribution in [0, 0.1) is 0 Å². The molecule has 0 aromatic heterocycles. The molecule has 0 aliphatic carbocycles. The summed E-state index contributed by atoms with van der Waals surface area (Å²) in [7, 11) is 0. The van der Waals surface area contributed by atoms with Crippen molar-refractivity contribution in [1.82, 2.24) is 0 Å². The van der Waals surface area contributed by atoms with E-state index in [9.17, 15) is 20.1 Å². The molecule has 1 saturated heterocycles. The molecule has 1 aliphatic rings. The molecular weight excluding hydrogens is 300 g/mol. The first-order valence-corrected chi connectivity index (χ1v) is 6.96. The molecule has 0 aromatic carbocycles. The normalized spacial score (nSPS) is 35.1. The number of nitrogens with two attached hydrogens (primary N) is 2. The van der Waals surface area contributed by atoms with Gasteiger partial charge in [-0.25, -0.2) is 0 Å². The fourth-order valence-electron chi connectivity index (χ4n) is 2.10. The van der Waals surface area contributed by atoms with E-state index in [-0.39, 0.29) is 19.4 Å². The number of aliphatic hydroxyl groups is 4. The van der Waals surface area contributed by atoms with E-state index in [1.807, 2.05) is 0 Å². The number of ether oxygens (including phenoxy) is 2. The van der Waals surface area contributed by atoms with Crippen LogP contribution >= 0.6 is 0 Å². The van der Waals surface area contributed by atoms with Gasteiger partial charge >= 0.3 is 5.97 Å². The van der Waals surface area contributed by atoms with Gasteiger partial charge in [0, 0.05) is 6.54 Å². The van der Waals surface area contributed by atoms with Crippen LogP contribution in [0.15, 0.2) is 0 Å². The Bertz CT molecular complexity index is 356. The molecular formula is C12H24N2O8. The maximum Gasteiger partial charge on any atom is 0.320 e. The van der Waals surface area contributed by atoms with Crippen LogP contribution in [-0.2, 0) is 14.3 Å². The Balaban J connectivity index is 2.59. The van der Waals surface area contributed by atoms with Gasteiger partial charge in [-0.3, -0.25) is 4.79 Å². The quantitative estimate of drug-likeness (QED) is 0.234. The van der Waals surface area contributed by atoms with Gasteiger partial charge in [-0.15, -0.1) is 0 Å². The van der Waals surface area contributed by atoms with Gasteiger partial charge in [0.2, 0.25) is 0 Å². The maximum atomic E-state index is 10.7. The third-order valence-electron chi connectivity index (χ3n) is 3.55. The summed E-state index contributed by atoms with van der Waals surface area (Å²) in [6, 6.07) is -1.06. The number of aliphatic carboxylic acids is 1. The molecule has 7 atom stereocenters. The highest BCUT2D eigenvalue weighted by molar-refractivity contribution is 5.72. The van der Waals surface area contributed by atoms with Gasteiger partial charge in [0.25, 0.3) is 0 Å². The van der Waals surface area contributed by atoms with Crippen molar-refractivity contribution >= 4 is 5.97 Å². The second-order valence-corrected chi connectivity index (χ2v) is 5.21. The van der Waals surface area contributed by atoms with Crippen LogP contribution in [0.25, 0.3) is 0 Å². The van der Waals surface area contributed by atoms with Crippen molar-refractivity contribution in [2.45, 2.75) is 55.7 Å². The lowest BCUT2D eigenvalue weighted by Crippen LogP contribution is -2.60. The summed E-state index contributed by atoms with van der Waals surface area (Å²) >= 11 is 0. The predicted molar refractivity (Wildman–Crippen MR) is 72.5 cm³/mol. The van der Waals surface area contributed by atoms with Crippen molar-refractivity contribution in [3.05, 3.63) is 0 Å². The molecule has 0 amide bonds. The molecule has 1 rings (SSSR count). The van der Waals surface area contributed by atoms with Crippen LogP contribution in [0.5, 0.6) is 0 Å². The van der Waals surface area contributed by atoms with Crippen LogP contribution in [0.4, 0.5) is 0 Å². The Morgan fingerprint density at radius 1 is 1.18 bits per heavy atom. The number of hydrogen-bond acceptors (Lipinski definition) is 9. The van der Waals surface area contributed by atoms with Crippen LogP contribution < -0.4 is 11.5 Å². The minimum Gasteiger partial charge on any atom is -0.480 e. The maximum absolute atomic E-state index is 10.7. The van der Waals surface area contributed by atoms with Gasteiger partial charge in [0.05, 0.1) is 12.7 Å². The van der Waals surface area contributed by atoms with Crippen molar-refractivity contribution in [3.8, 4) is 0 Å². The Morgan fingerprint density at radius 2 is 1.82 bits per heavy atom. The smallest absolute Gasteiger partial charge is 0.320 e. The number of aliphatic hydroxyl groups excluding tert-OH is 4. The van der Waals surface area contributed by atoms with Gasteiger partial charge in [0.1, 0.15) is 30.5 Å². The molecule has 3 unspecified atom stereocenters. The van der Waals surface area contributed by atoms with Crippen LogP contribution in [-0.4, -0.2) is 87.5 Å². The number of carbonyl (C=O) groups is 1.